The molecule has 0 spiro atoms. The molecule has 0 heterocycles. The summed E-state index contributed by atoms with van der Waals surface area (Å²) in [6.45, 7) is 0.252. The van der Waals surface area contributed by atoms with E-state index in [1.165, 1.54) is 19.2 Å². The molecular weight excluding hydrogens is 246 g/mol. The minimum absolute atomic E-state index is 0.00832. The first-order valence-electron chi connectivity index (χ1n) is 5.69. The maximum Gasteiger partial charge on any atom is 0.273 e. The molecule has 0 aromatic heterocycles. The van der Waals surface area contributed by atoms with Crippen LogP contribution >= 0.6 is 0 Å². The summed E-state index contributed by atoms with van der Waals surface area (Å²) in [7, 11) is 1.47. The Bertz CT molecular complexity index is 569. The van der Waals surface area contributed by atoms with Gasteiger partial charge in [-0.1, -0.05) is 18.2 Å². The smallest absolute Gasteiger partial charge is 0.273 e. The molecule has 0 aliphatic carbocycles. The fourth-order valence-electron chi connectivity index (χ4n) is 1.63. The first-order chi connectivity index (χ1) is 9.19. The monoisotopic (exact) mass is 259 g/mol. The lowest BCUT2D eigenvalue weighted by Crippen LogP contribution is -1.98. The lowest BCUT2D eigenvalue weighted by Gasteiger charge is -2.07. The molecule has 0 bridgehead atoms. The molecule has 5 heteroatoms. The Hall–Kier alpha value is -2.56. The first kappa shape index (κ1) is 12.9. The standard InChI is InChI=1S/C14H13NO4/c1-18-14-8-11(7-12(9-14)15(16)17)10-19-13-5-3-2-4-6-13/h2-9H,10H2,1H3. The molecule has 98 valence electrons. The second-order valence-corrected chi connectivity index (χ2v) is 3.90. The molecule has 0 radical (unpaired) electrons. The van der Waals surface area contributed by atoms with Gasteiger partial charge in [-0.2, -0.15) is 0 Å². The van der Waals surface area contributed by atoms with Crippen LogP contribution in [0.5, 0.6) is 11.5 Å². The summed E-state index contributed by atoms with van der Waals surface area (Å²) in [5, 5.41) is 10.8. The van der Waals surface area contributed by atoms with Crippen LogP contribution in [0.15, 0.2) is 48.5 Å². The Kier molecular flexibility index (Phi) is 3.97. The van der Waals surface area contributed by atoms with Gasteiger partial charge in [0.2, 0.25) is 0 Å². The summed E-state index contributed by atoms with van der Waals surface area (Å²) in [5.41, 5.74) is 0.681. The maximum atomic E-state index is 10.8. The number of rotatable bonds is 5. The quantitative estimate of drug-likeness (QED) is 0.611. The van der Waals surface area contributed by atoms with Gasteiger partial charge in [-0.3, -0.25) is 10.1 Å². The molecule has 5 nitrogen and oxygen atoms in total. The minimum Gasteiger partial charge on any atom is -0.496 e. The first-order valence-corrected chi connectivity index (χ1v) is 5.69. The van der Waals surface area contributed by atoms with Crippen LogP contribution in [0, 0.1) is 10.1 Å². The van der Waals surface area contributed by atoms with Crippen LogP contribution in [0.4, 0.5) is 5.69 Å². The molecule has 2 aromatic rings. The number of nitro groups is 1. The van der Waals surface area contributed by atoms with E-state index in [1.807, 2.05) is 30.3 Å². The van der Waals surface area contributed by atoms with Crippen molar-refractivity contribution in [3.05, 3.63) is 64.2 Å². The molecule has 0 aliphatic rings. The Morgan fingerprint density at radius 2 is 1.84 bits per heavy atom. The van der Waals surface area contributed by atoms with Gasteiger partial charge < -0.3 is 9.47 Å². The number of hydrogen-bond acceptors (Lipinski definition) is 4. The van der Waals surface area contributed by atoms with Crippen LogP contribution in [0.1, 0.15) is 5.56 Å². The van der Waals surface area contributed by atoms with E-state index in [1.54, 1.807) is 6.07 Å². The number of ether oxygens (including phenoxy) is 2. The van der Waals surface area contributed by atoms with Crippen molar-refractivity contribution in [2.24, 2.45) is 0 Å². The van der Waals surface area contributed by atoms with Crippen molar-refractivity contribution >= 4 is 5.69 Å². The number of nitrogens with zero attached hydrogens (tertiary/aromatic N) is 1. The lowest BCUT2D eigenvalue weighted by molar-refractivity contribution is -0.385. The molecule has 0 N–H and O–H groups in total. The van der Waals surface area contributed by atoms with E-state index in [4.69, 9.17) is 9.47 Å². The van der Waals surface area contributed by atoms with Gasteiger partial charge in [-0.05, 0) is 23.8 Å². The predicted octanol–water partition coefficient (Wildman–Crippen LogP) is 3.18. The summed E-state index contributed by atoms with van der Waals surface area (Å²) in [5.74, 6) is 1.16. The van der Waals surface area contributed by atoms with E-state index in [9.17, 15) is 10.1 Å². The van der Waals surface area contributed by atoms with Crippen LogP contribution in [-0.2, 0) is 6.61 Å². The van der Waals surface area contributed by atoms with Gasteiger partial charge >= 0.3 is 0 Å². The molecule has 0 aliphatic heterocycles. The number of hydrogen-bond donors (Lipinski definition) is 0. The highest BCUT2D eigenvalue weighted by atomic mass is 16.6. The lowest BCUT2D eigenvalue weighted by atomic mass is 10.2. The average Bonchev–Trinajstić information content (AvgIpc) is 2.45. The van der Waals surface area contributed by atoms with Gasteiger partial charge in [0.15, 0.2) is 0 Å². The van der Waals surface area contributed by atoms with Gasteiger partial charge in [0.05, 0.1) is 18.1 Å². The third-order valence-electron chi connectivity index (χ3n) is 2.55. The zero-order valence-electron chi connectivity index (χ0n) is 10.4. The van der Waals surface area contributed by atoms with Crippen LogP contribution in [0.25, 0.3) is 0 Å². The van der Waals surface area contributed by atoms with Crippen LogP contribution in [0.3, 0.4) is 0 Å². The summed E-state index contributed by atoms with van der Waals surface area (Å²) >= 11 is 0. The highest BCUT2D eigenvalue weighted by Crippen LogP contribution is 2.23. The topological polar surface area (TPSA) is 61.6 Å². The number of methoxy groups -OCH3 is 1. The molecule has 2 rings (SSSR count). The van der Waals surface area contributed by atoms with E-state index in [0.29, 0.717) is 17.1 Å². The van der Waals surface area contributed by atoms with Crippen molar-refractivity contribution in [1.82, 2.24) is 0 Å². The third-order valence-corrected chi connectivity index (χ3v) is 2.55. The molecule has 0 saturated heterocycles. The normalized spacial score (nSPS) is 9.95. The number of nitro benzene ring substituents is 1. The highest BCUT2D eigenvalue weighted by Gasteiger charge is 2.10. The van der Waals surface area contributed by atoms with E-state index >= 15 is 0 Å². The second kappa shape index (κ2) is 5.86. The van der Waals surface area contributed by atoms with Crippen molar-refractivity contribution in [3.63, 3.8) is 0 Å². The Balaban J connectivity index is 2.15. The van der Waals surface area contributed by atoms with Gasteiger partial charge in [0.25, 0.3) is 5.69 Å². The molecule has 19 heavy (non-hydrogen) atoms. The van der Waals surface area contributed by atoms with Gasteiger partial charge in [0.1, 0.15) is 18.1 Å². The largest absolute Gasteiger partial charge is 0.496 e. The van der Waals surface area contributed by atoms with Crippen LogP contribution < -0.4 is 9.47 Å². The third kappa shape index (κ3) is 3.45. The molecule has 0 unspecified atom stereocenters. The van der Waals surface area contributed by atoms with E-state index in [2.05, 4.69) is 0 Å². The Morgan fingerprint density at radius 3 is 2.47 bits per heavy atom. The average molecular weight is 259 g/mol. The van der Waals surface area contributed by atoms with E-state index in [-0.39, 0.29) is 12.3 Å². The van der Waals surface area contributed by atoms with E-state index in [0.717, 1.165) is 0 Å². The van der Waals surface area contributed by atoms with Gasteiger partial charge in [-0.15, -0.1) is 0 Å². The zero-order valence-corrected chi connectivity index (χ0v) is 10.4. The number of para-hydroxylation sites is 1. The maximum absolute atomic E-state index is 10.8. The predicted molar refractivity (Wildman–Crippen MR) is 70.4 cm³/mol. The van der Waals surface area contributed by atoms with Gasteiger partial charge in [0, 0.05) is 6.07 Å². The number of non-ortho nitro benzene ring substituents is 1. The zero-order chi connectivity index (χ0) is 13.7. The fraction of sp³-hybridized carbons (Fsp3) is 0.143. The van der Waals surface area contributed by atoms with Crippen molar-refractivity contribution in [2.75, 3.05) is 7.11 Å². The van der Waals surface area contributed by atoms with Crippen molar-refractivity contribution < 1.29 is 14.4 Å². The number of benzene rings is 2. The Labute approximate surface area is 110 Å². The molecule has 0 fully saturated rings. The molecule has 0 saturated carbocycles. The SMILES string of the molecule is COc1cc(COc2ccccc2)cc([N+](=O)[O-])c1. The summed E-state index contributed by atoms with van der Waals surface area (Å²) in [4.78, 5) is 10.4. The minimum atomic E-state index is -0.450. The van der Waals surface area contributed by atoms with Crippen molar-refractivity contribution in [2.45, 2.75) is 6.61 Å². The van der Waals surface area contributed by atoms with Gasteiger partial charge in [-0.25, -0.2) is 0 Å². The summed E-state index contributed by atoms with van der Waals surface area (Å²) in [6, 6.07) is 13.9. The van der Waals surface area contributed by atoms with Crippen molar-refractivity contribution in [1.29, 1.82) is 0 Å². The molecular formula is C14H13NO4. The van der Waals surface area contributed by atoms with E-state index < -0.39 is 4.92 Å². The second-order valence-electron chi connectivity index (χ2n) is 3.90. The molecule has 0 atom stereocenters. The van der Waals surface area contributed by atoms with Crippen LogP contribution in [0.2, 0.25) is 0 Å². The molecule has 2 aromatic carbocycles. The highest BCUT2D eigenvalue weighted by molar-refractivity contribution is 5.42. The fourth-order valence-corrected chi connectivity index (χ4v) is 1.63. The summed E-state index contributed by atoms with van der Waals surface area (Å²) in [6.07, 6.45) is 0. The summed E-state index contributed by atoms with van der Waals surface area (Å²) < 4.78 is 10.6. The molecule has 0 amide bonds. The Morgan fingerprint density at radius 1 is 1.11 bits per heavy atom. The van der Waals surface area contributed by atoms with Crippen LogP contribution in [-0.4, -0.2) is 12.0 Å². The van der Waals surface area contributed by atoms with Crippen molar-refractivity contribution in [3.8, 4) is 11.5 Å².